The van der Waals surface area contributed by atoms with Crippen LogP contribution in [0.15, 0.2) is 18.2 Å². The van der Waals surface area contributed by atoms with Gasteiger partial charge in [-0.15, -0.1) is 24.8 Å². The number of benzene rings is 1. The second kappa shape index (κ2) is 11.8. The molecular weight excluding hydrogens is 347 g/mol. The summed E-state index contributed by atoms with van der Waals surface area (Å²) in [6.45, 7) is 8.87. The molecular formula is C18H32Cl2N2O2. The summed E-state index contributed by atoms with van der Waals surface area (Å²) in [5.41, 5.74) is 1.25. The molecule has 1 fully saturated rings. The van der Waals surface area contributed by atoms with Gasteiger partial charge in [-0.2, -0.15) is 0 Å². The van der Waals surface area contributed by atoms with E-state index in [4.69, 9.17) is 9.47 Å². The van der Waals surface area contributed by atoms with E-state index >= 15 is 0 Å². The molecule has 1 aliphatic rings. The third-order valence-corrected chi connectivity index (χ3v) is 4.40. The molecule has 0 radical (unpaired) electrons. The average Bonchev–Trinajstić information content (AvgIpc) is 2.55. The zero-order valence-corrected chi connectivity index (χ0v) is 16.8. The van der Waals surface area contributed by atoms with E-state index in [1.165, 1.54) is 12.0 Å². The molecule has 6 heteroatoms. The van der Waals surface area contributed by atoms with Crippen LogP contribution in [0.2, 0.25) is 0 Å². The van der Waals surface area contributed by atoms with Crippen LogP contribution in [0, 0.1) is 5.92 Å². The minimum Gasteiger partial charge on any atom is -0.493 e. The number of hydrogen-bond acceptors (Lipinski definition) is 4. The van der Waals surface area contributed by atoms with Gasteiger partial charge in [0.1, 0.15) is 0 Å². The highest BCUT2D eigenvalue weighted by Gasteiger charge is 2.26. The fourth-order valence-electron chi connectivity index (χ4n) is 3.19. The zero-order valence-electron chi connectivity index (χ0n) is 15.2. The Balaban J connectivity index is 0.00000264. The predicted octanol–water partition coefficient (Wildman–Crippen LogP) is 3.93. The number of hydrogen-bond donors (Lipinski definition) is 1. The molecule has 1 N–H and O–H groups in total. The van der Waals surface area contributed by atoms with Gasteiger partial charge in [0.15, 0.2) is 11.5 Å². The van der Waals surface area contributed by atoms with E-state index in [-0.39, 0.29) is 24.8 Å². The second-order valence-electron chi connectivity index (χ2n) is 6.36. The van der Waals surface area contributed by atoms with Gasteiger partial charge in [0, 0.05) is 37.8 Å². The zero-order chi connectivity index (χ0) is 15.9. The van der Waals surface area contributed by atoms with Crippen LogP contribution in [0.4, 0.5) is 0 Å². The quantitative estimate of drug-likeness (QED) is 0.778. The third kappa shape index (κ3) is 5.99. The molecule has 0 aliphatic carbocycles. The van der Waals surface area contributed by atoms with E-state index in [1.807, 2.05) is 6.07 Å². The number of piperazine rings is 1. The van der Waals surface area contributed by atoms with Gasteiger partial charge >= 0.3 is 0 Å². The lowest BCUT2D eigenvalue weighted by molar-refractivity contribution is 0.156. The highest BCUT2D eigenvalue weighted by Crippen LogP contribution is 2.39. The fraction of sp³-hybridized carbons (Fsp3) is 0.667. The summed E-state index contributed by atoms with van der Waals surface area (Å²) in [5, 5.41) is 3.44. The molecule has 140 valence electrons. The van der Waals surface area contributed by atoms with Gasteiger partial charge in [0.2, 0.25) is 0 Å². The maximum absolute atomic E-state index is 5.68. The van der Waals surface area contributed by atoms with Crippen molar-refractivity contribution in [3.63, 3.8) is 0 Å². The molecule has 0 bridgehead atoms. The Morgan fingerprint density at radius 1 is 1.04 bits per heavy atom. The number of halogens is 2. The lowest BCUT2D eigenvalue weighted by Crippen LogP contribution is -2.45. The summed E-state index contributed by atoms with van der Waals surface area (Å²) in [7, 11) is 3.44. The van der Waals surface area contributed by atoms with Gasteiger partial charge in [0.25, 0.3) is 0 Å². The van der Waals surface area contributed by atoms with Gasteiger partial charge in [0.05, 0.1) is 14.2 Å². The number of ether oxygens (including phenoxy) is 2. The van der Waals surface area contributed by atoms with Crippen molar-refractivity contribution in [3.05, 3.63) is 23.8 Å². The molecule has 1 aromatic carbocycles. The Labute approximate surface area is 159 Å². The van der Waals surface area contributed by atoms with Gasteiger partial charge in [-0.1, -0.05) is 26.0 Å². The van der Waals surface area contributed by atoms with E-state index in [9.17, 15) is 0 Å². The van der Waals surface area contributed by atoms with Crippen LogP contribution in [0.25, 0.3) is 0 Å². The summed E-state index contributed by atoms with van der Waals surface area (Å²) in [6, 6.07) is 6.63. The number of nitrogens with zero attached hydrogens (tertiary/aromatic N) is 1. The average molecular weight is 379 g/mol. The summed E-state index contributed by atoms with van der Waals surface area (Å²) in [5.74, 6) is 2.42. The normalized spacial score (nSPS) is 16.0. The van der Waals surface area contributed by atoms with Crippen molar-refractivity contribution in [1.82, 2.24) is 10.2 Å². The van der Waals surface area contributed by atoms with Crippen molar-refractivity contribution >= 4 is 24.8 Å². The van der Waals surface area contributed by atoms with Crippen molar-refractivity contribution in [2.24, 2.45) is 5.92 Å². The second-order valence-corrected chi connectivity index (χ2v) is 6.36. The first-order valence-electron chi connectivity index (χ1n) is 8.33. The maximum Gasteiger partial charge on any atom is 0.165 e. The van der Waals surface area contributed by atoms with Gasteiger partial charge in [-0.25, -0.2) is 0 Å². The van der Waals surface area contributed by atoms with Crippen LogP contribution in [0.1, 0.15) is 38.3 Å². The molecule has 24 heavy (non-hydrogen) atoms. The molecule has 0 aromatic heterocycles. The number of rotatable bonds is 7. The number of nitrogens with one attached hydrogen (secondary N) is 1. The molecule has 1 heterocycles. The van der Waals surface area contributed by atoms with Crippen LogP contribution in [-0.4, -0.2) is 45.3 Å². The maximum atomic E-state index is 5.68. The Morgan fingerprint density at radius 2 is 1.71 bits per heavy atom. The minimum absolute atomic E-state index is 0. The first-order chi connectivity index (χ1) is 10.7. The van der Waals surface area contributed by atoms with Crippen molar-refractivity contribution in [2.75, 3.05) is 40.4 Å². The van der Waals surface area contributed by atoms with Crippen LogP contribution in [0.3, 0.4) is 0 Å². The predicted molar refractivity (Wildman–Crippen MR) is 105 cm³/mol. The van der Waals surface area contributed by atoms with Gasteiger partial charge in [-0.05, 0) is 24.8 Å². The summed E-state index contributed by atoms with van der Waals surface area (Å²) in [6.07, 6.45) is 2.37. The molecule has 1 aliphatic heterocycles. The Kier molecular flexibility index (Phi) is 11.5. The first-order valence-corrected chi connectivity index (χ1v) is 8.33. The summed E-state index contributed by atoms with van der Waals surface area (Å²) < 4.78 is 11.2. The Bertz CT molecular complexity index is 466. The van der Waals surface area contributed by atoms with Crippen molar-refractivity contribution < 1.29 is 9.47 Å². The molecule has 0 unspecified atom stereocenters. The largest absolute Gasteiger partial charge is 0.493 e. The van der Waals surface area contributed by atoms with E-state index in [1.54, 1.807) is 14.2 Å². The summed E-state index contributed by atoms with van der Waals surface area (Å²) in [4.78, 5) is 2.58. The molecule has 4 nitrogen and oxygen atoms in total. The van der Waals surface area contributed by atoms with Crippen molar-refractivity contribution in [2.45, 2.75) is 32.7 Å². The molecule has 1 atom stereocenters. The number of methoxy groups -OCH3 is 2. The van der Waals surface area contributed by atoms with E-state index in [0.717, 1.165) is 44.1 Å². The van der Waals surface area contributed by atoms with E-state index < -0.39 is 0 Å². The van der Waals surface area contributed by atoms with Crippen LogP contribution >= 0.6 is 24.8 Å². The van der Waals surface area contributed by atoms with Crippen LogP contribution < -0.4 is 14.8 Å². The lowest BCUT2D eigenvalue weighted by atomic mass is 9.94. The van der Waals surface area contributed by atoms with Crippen molar-refractivity contribution in [1.29, 1.82) is 0 Å². The van der Waals surface area contributed by atoms with E-state index in [0.29, 0.717) is 12.0 Å². The van der Waals surface area contributed by atoms with Crippen LogP contribution in [-0.2, 0) is 0 Å². The monoisotopic (exact) mass is 378 g/mol. The highest BCUT2D eigenvalue weighted by molar-refractivity contribution is 5.85. The first kappa shape index (κ1) is 23.3. The molecule has 0 saturated carbocycles. The fourth-order valence-corrected chi connectivity index (χ4v) is 3.19. The molecule has 1 saturated heterocycles. The standard InChI is InChI=1S/C18H30N2O2.2ClH/c1-14(2)8-9-16(20-12-10-19-11-13-20)15-6-5-7-17(21-3)18(15)22-4;;/h5-7,14,16,19H,8-13H2,1-4H3;2*1H/t16-;;/m0../s1. The Hall–Kier alpha value is -0.680. The summed E-state index contributed by atoms with van der Waals surface area (Å²) >= 11 is 0. The van der Waals surface area contributed by atoms with E-state index in [2.05, 4.69) is 36.2 Å². The molecule has 0 spiro atoms. The lowest BCUT2D eigenvalue weighted by Gasteiger charge is -2.36. The smallest absolute Gasteiger partial charge is 0.165 e. The molecule has 0 amide bonds. The van der Waals surface area contributed by atoms with Crippen molar-refractivity contribution in [3.8, 4) is 11.5 Å². The number of para-hydroxylation sites is 1. The molecule has 2 rings (SSSR count). The Morgan fingerprint density at radius 3 is 2.25 bits per heavy atom. The van der Waals surface area contributed by atoms with Gasteiger partial charge in [-0.3, -0.25) is 4.90 Å². The van der Waals surface area contributed by atoms with Gasteiger partial charge < -0.3 is 14.8 Å². The third-order valence-electron chi connectivity index (χ3n) is 4.40. The van der Waals surface area contributed by atoms with Crippen LogP contribution in [0.5, 0.6) is 11.5 Å². The molecule has 1 aromatic rings. The highest BCUT2D eigenvalue weighted by atomic mass is 35.5. The minimum atomic E-state index is 0. The SMILES string of the molecule is COc1cccc([C@H](CCC(C)C)N2CCNCC2)c1OC.Cl.Cl. The topological polar surface area (TPSA) is 33.7 Å².